The summed E-state index contributed by atoms with van der Waals surface area (Å²) in [4.78, 5) is 42.1. The van der Waals surface area contributed by atoms with E-state index in [1.165, 1.54) is 4.90 Å². The number of likely N-dealkylation sites (tertiary alicyclic amines) is 1. The Morgan fingerprint density at radius 1 is 1.38 bits per heavy atom. The van der Waals surface area contributed by atoms with Gasteiger partial charge in [-0.1, -0.05) is 19.4 Å². The van der Waals surface area contributed by atoms with E-state index in [0.717, 1.165) is 12.8 Å². The highest BCUT2D eigenvalue weighted by molar-refractivity contribution is 5.98. The fraction of sp³-hybridized carbons (Fsp3) is 0.762. The van der Waals surface area contributed by atoms with E-state index in [4.69, 9.17) is 9.84 Å². The molecule has 3 aliphatic rings. The summed E-state index contributed by atoms with van der Waals surface area (Å²) in [5.41, 5.74) is -1.06. The van der Waals surface area contributed by atoms with Gasteiger partial charge in [-0.25, -0.2) is 0 Å². The molecule has 2 N–H and O–H groups in total. The summed E-state index contributed by atoms with van der Waals surface area (Å²) in [6, 6.07) is -0.815. The van der Waals surface area contributed by atoms with E-state index in [0.29, 0.717) is 45.3 Å². The molecule has 0 unspecified atom stereocenters. The van der Waals surface area contributed by atoms with Crippen LogP contribution in [0.2, 0.25) is 0 Å². The third-order valence-corrected chi connectivity index (χ3v) is 6.57. The standard InChI is InChI=1S/C21H32N2O6/c1-3-5-11-22(10-4-2)19(26)17-21-9-8-14(29-21)15(20(27)28)16(21)18(25)23(17)12-6-7-13-24/h4,14-17,24H,2-3,5-13H2,1H3,(H,27,28)/t14-,15+,16+,17-,21+/m0/s1. The first-order valence-corrected chi connectivity index (χ1v) is 10.6. The Kier molecular flexibility index (Phi) is 6.63. The first-order valence-electron chi connectivity index (χ1n) is 10.6. The lowest BCUT2D eigenvalue weighted by atomic mass is 9.70. The van der Waals surface area contributed by atoms with Crippen molar-refractivity contribution in [2.24, 2.45) is 11.8 Å². The molecule has 1 spiro atoms. The van der Waals surface area contributed by atoms with Gasteiger partial charge in [-0.05, 0) is 32.1 Å². The first kappa shape index (κ1) is 21.8. The molecule has 0 radical (unpaired) electrons. The van der Waals surface area contributed by atoms with E-state index in [9.17, 15) is 19.5 Å². The Morgan fingerprint density at radius 2 is 2.14 bits per heavy atom. The molecule has 162 valence electrons. The molecule has 29 heavy (non-hydrogen) atoms. The summed E-state index contributed by atoms with van der Waals surface area (Å²) >= 11 is 0. The number of carboxylic acid groups (broad SMARTS) is 1. The van der Waals surface area contributed by atoms with Crippen LogP contribution in [-0.4, -0.2) is 81.8 Å². The van der Waals surface area contributed by atoms with Crippen molar-refractivity contribution in [3.63, 3.8) is 0 Å². The minimum absolute atomic E-state index is 0.00459. The Morgan fingerprint density at radius 3 is 2.76 bits per heavy atom. The van der Waals surface area contributed by atoms with E-state index in [-0.39, 0.29) is 18.4 Å². The van der Waals surface area contributed by atoms with E-state index in [1.54, 1.807) is 11.0 Å². The van der Waals surface area contributed by atoms with Crippen molar-refractivity contribution < 1.29 is 29.3 Å². The van der Waals surface area contributed by atoms with Crippen molar-refractivity contribution in [3.8, 4) is 0 Å². The van der Waals surface area contributed by atoms with Gasteiger partial charge < -0.3 is 24.7 Å². The lowest BCUT2D eigenvalue weighted by molar-refractivity contribution is -0.151. The molecule has 8 nitrogen and oxygen atoms in total. The first-order chi connectivity index (χ1) is 13.9. The number of nitrogens with zero attached hydrogens (tertiary/aromatic N) is 2. The second kappa shape index (κ2) is 8.83. The van der Waals surface area contributed by atoms with Gasteiger partial charge in [-0.15, -0.1) is 6.58 Å². The maximum atomic E-state index is 13.6. The normalized spacial score (nSPS) is 32.5. The van der Waals surface area contributed by atoms with Gasteiger partial charge >= 0.3 is 5.97 Å². The van der Waals surface area contributed by atoms with Crippen LogP contribution < -0.4 is 0 Å². The van der Waals surface area contributed by atoms with Gasteiger partial charge in [0.1, 0.15) is 11.6 Å². The van der Waals surface area contributed by atoms with E-state index in [2.05, 4.69) is 6.58 Å². The minimum atomic E-state index is -1.06. The molecular weight excluding hydrogens is 376 g/mol. The third kappa shape index (κ3) is 3.57. The van der Waals surface area contributed by atoms with Crippen LogP contribution >= 0.6 is 0 Å². The lowest BCUT2D eigenvalue weighted by Crippen LogP contribution is -2.56. The molecule has 0 aliphatic carbocycles. The van der Waals surface area contributed by atoms with E-state index in [1.807, 2.05) is 6.92 Å². The molecule has 3 rings (SSSR count). The fourth-order valence-corrected chi connectivity index (χ4v) is 5.32. The number of carbonyl (C=O) groups is 3. The quantitative estimate of drug-likeness (QED) is 0.391. The molecule has 0 saturated carbocycles. The SMILES string of the molecule is C=CCN(CCCC)C(=O)[C@@H]1N(CCCCO)C(=O)[C@H]2[C@H](C(=O)O)[C@@H]3CC[C@]12O3. The van der Waals surface area contributed by atoms with Crippen LogP contribution in [0, 0.1) is 11.8 Å². The molecule has 2 bridgehead atoms. The average molecular weight is 408 g/mol. The fourth-order valence-electron chi connectivity index (χ4n) is 5.32. The summed E-state index contributed by atoms with van der Waals surface area (Å²) in [6.45, 7) is 7.04. The lowest BCUT2D eigenvalue weighted by Gasteiger charge is -2.36. The molecule has 3 aliphatic heterocycles. The highest BCUT2D eigenvalue weighted by Gasteiger charge is 2.74. The topological polar surface area (TPSA) is 107 Å². The van der Waals surface area contributed by atoms with Crippen molar-refractivity contribution in [2.75, 3.05) is 26.2 Å². The monoisotopic (exact) mass is 408 g/mol. The van der Waals surface area contributed by atoms with Crippen LogP contribution in [0.5, 0.6) is 0 Å². The molecule has 3 saturated heterocycles. The van der Waals surface area contributed by atoms with Crippen LogP contribution in [-0.2, 0) is 19.1 Å². The predicted octanol–water partition coefficient (Wildman–Crippen LogP) is 1.03. The van der Waals surface area contributed by atoms with Crippen LogP contribution in [0.3, 0.4) is 0 Å². The second-order valence-electron chi connectivity index (χ2n) is 8.28. The number of rotatable bonds is 11. The van der Waals surface area contributed by atoms with Crippen molar-refractivity contribution >= 4 is 17.8 Å². The molecule has 8 heteroatoms. The van der Waals surface area contributed by atoms with Crippen molar-refractivity contribution in [3.05, 3.63) is 12.7 Å². The summed E-state index contributed by atoms with van der Waals surface area (Å²) in [5.74, 6) is -3.25. The number of hydrogen-bond donors (Lipinski definition) is 2. The van der Waals surface area contributed by atoms with E-state index < -0.39 is 35.6 Å². The number of aliphatic carboxylic acids is 1. The van der Waals surface area contributed by atoms with Gasteiger partial charge in [0.2, 0.25) is 11.8 Å². The van der Waals surface area contributed by atoms with Gasteiger partial charge in [0.05, 0.1) is 17.9 Å². The summed E-state index contributed by atoms with van der Waals surface area (Å²) in [7, 11) is 0. The van der Waals surface area contributed by atoms with E-state index >= 15 is 0 Å². The van der Waals surface area contributed by atoms with Gasteiger partial charge in [-0.2, -0.15) is 0 Å². The maximum absolute atomic E-state index is 13.6. The average Bonchev–Trinajstić information content (AvgIpc) is 3.33. The van der Waals surface area contributed by atoms with Crippen LogP contribution in [0.4, 0.5) is 0 Å². The van der Waals surface area contributed by atoms with Crippen molar-refractivity contribution in [1.29, 1.82) is 0 Å². The summed E-state index contributed by atoms with van der Waals surface area (Å²) < 4.78 is 6.17. The van der Waals surface area contributed by atoms with Crippen molar-refractivity contribution in [1.82, 2.24) is 9.80 Å². The molecular formula is C21H32N2O6. The number of unbranched alkanes of at least 4 members (excludes halogenated alkanes) is 2. The number of carbonyl (C=O) groups excluding carboxylic acids is 2. The largest absolute Gasteiger partial charge is 0.481 e. The van der Waals surface area contributed by atoms with Crippen LogP contribution in [0.1, 0.15) is 45.4 Å². The summed E-state index contributed by atoms with van der Waals surface area (Å²) in [6.07, 6.45) is 5.04. The number of aliphatic hydroxyl groups is 1. The predicted molar refractivity (Wildman–Crippen MR) is 105 cm³/mol. The van der Waals surface area contributed by atoms with Gasteiger partial charge in [0.15, 0.2) is 0 Å². The number of carboxylic acids is 1. The molecule has 0 aromatic carbocycles. The molecule has 5 atom stereocenters. The zero-order valence-electron chi connectivity index (χ0n) is 17.1. The smallest absolute Gasteiger partial charge is 0.310 e. The van der Waals surface area contributed by atoms with Crippen molar-refractivity contribution in [2.45, 2.75) is 63.2 Å². The number of hydrogen-bond acceptors (Lipinski definition) is 5. The molecule has 2 amide bonds. The number of fused-ring (bicyclic) bond motifs is 1. The summed E-state index contributed by atoms with van der Waals surface area (Å²) in [5, 5.41) is 18.9. The minimum Gasteiger partial charge on any atom is -0.481 e. The molecule has 0 aromatic heterocycles. The molecule has 0 aromatic rings. The maximum Gasteiger partial charge on any atom is 0.310 e. The number of aliphatic hydroxyl groups excluding tert-OH is 1. The second-order valence-corrected chi connectivity index (χ2v) is 8.28. The van der Waals surface area contributed by atoms with Gasteiger partial charge in [0.25, 0.3) is 0 Å². The Hall–Kier alpha value is -1.93. The molecule has 3 fully saturated rings. The van der Waals surface area contributed by atoms with Gasteiger partial charge in [-0.3, -0.25) is 14.4 Å². The third-order valence-electron chi connectivity index (χ3n) is 6.57. The van der Waals surface area contributed by atoms with Crippen LogP contribution in [0.25, 0.3) is 0 Å². The van der Waals surface area contributed by atoms with Gasteiger partial charge in [0, 0.05) is 26.2 Å². The Labute approximate surface area is 171 Å². The Bertz CT molecular complexity index is 668. The number of amides is 2. The van der Waals surface area contributed by atoms with Crippen LogP contribution in [0.15, 0.2) is 12.7 Å². The number of ether oxygens (including phenoxy) is 1. The zero-order chi connectivity index (χ0) is 21.2. The molecule has 3 heterocycles. The highest BCUT2D eigenvalue weighted by Crippen LogP contribution is 2.58. The zero-order valence-corrected chi connectivity index (χ0v) is 17.1. The highest BCUT2D eigenvalue weighted by atomic mass is 16.5. The Balaban J connectivity index is 1.96.